The van der Waals surface area contributed by atoms with Gasteiger partial charge in [-0.2, -0.15) is 0 Å². The monoisotopic (exact) mass is 281 g/mol. The lowest BCUT2D eigenvalue weighted by Gasteiger charge is -2.23. The predicted molar refractivity (Wildman–Crippen MR) is 89.8 cm³/mol. The minimum atomic E-state index is 0.976. The average molecular weight is 281 g/mol. The van der Waals surface area contributed by atoms with Crippen LogP contribution in [0.15, 0.2) is 42.6 Å². The first kappa shape index (κ1) is 14.1. The summed E-state index contributed by atoms with van der Waals surface area (Å²) in [4.78, 5) is 6.94. The van der Waals surface area contributed by atoms with Crippen molar-refractivity contribution in [2.75, 3.05) is 31.5 Å². The Kier molecular flexibility index (Phi) is 4.51. The summed E-state index contributed by atoms with van der Waals surface area (Å²) in [6.07, 6.45) is 8.66. The number of nitrogens with zero attached hydrogens (tertiary/aromatic N) is 2. The summed E-state index contributed by atoms with van der Waals surface area (Å²) < 4.78 is 0. The second-order valence-electron chi connectivity index (χ2n) is 5.55. The molecule has 3 heteroatoms. The summed E-state index contributed by atoms with van der Waals surface area (Å²) in [7, 11) is 0. The van der Waals surface area contributed by atoms with Crippen LogP contribution in [0.25, 0.3) is 10.9 Å². The molecule has 0 saturated heterocycles. The number of rotatable bonds is 5. The van der Waals surface area contributed by atoms with Gasteiger partial charge < -0.3 is 5.32 Å². The molecule has 0 aliphatic carbocycles. The molecule has 2 heterocycles. The fraction of sp³-hybridized carbons (Fsp3) is 0.389. The van der Waals surface area contributed by atoms with Gasteiger partial charge in [0, 0.05) is 43.4 Å². The smallest absolute Gasteiger partial charge is 0.0722 e. The maximum Gasteiger partial charge on any atom is 0.0722 e. The Hall–Kier alpha value is -1.87. The molecular weight excluding hydrogens is 258 g/mol. The summed E-state index contributed by atoms with van der Waals surface area (Å²) in [5, 5.41) is 4.81. The van der Waals surface area contributed by atoms with Crippen molar-refractivity contribution in [3.05, 3.63) is 48.2 Å². The van der Waals surface area contributed by atoms with Crippen LogP contribution in [0.2, 0.25) is 0 Å². The Morgan fingerprint density at radius 2 is 2.19 bits per heavy atom. The van der Waals surface area contributed by atoms with E-state index >= 15 is 0 Å². The van der Waals surface area contributed by atoms with Crippen LogP contribution < -0.4 is 5.32 Å². The van der Waals surface area contributed by atoms with Gasteiger partial charge in [-0.15, -0.1) is 0 Å². The normalized spacial score (nSPS) is 15.5. The molecule has 1 aromatic heterocycles. The molecule has 1 aliphatic heterocycles. The topological polar surface area (TPSA) is 28.2 Å². The Bertz CT molecular complexity index is 633. The van der Waals surface area contributed by atoms with E-state index in [-0.39, 0.29) is 0 Å². The van der Waals surface area contributed by atoms with Crippen molar-refractivity contribution in [2.45, 2.75) is 19.8 Å². The van der Waals surface area contributed by atoms with Crippen molar-refractivity contribution in [1.82, 2.24) is 9.88 Å². The zero-order chi connectivity index (χ0) is 14.5. The van der Waals surface area contributed by atoms with Gasteiger partial charge in [-0.3, -0.25) is 9.88 Å². The number of hydrogen-bond acceptors (Lipinski definition) is 3. The standard InChI is InChI=1S/C18H23N3/c1-2-15-6-7-17-16(14-15)18(8-9-19-17)20-10-13-21-11-4-3-5-12-21/h3-4,6-9,14H,2,5,10-13H2,1H3,(H,19,20). The molecule has 0 saturated carbocycles. The molecule has 0 radical (unpaired) electrons. The zero-order valence-corrected chi connectivity index (χ0v) is 12.7. The first-order chi connectivity index (χ1) is 10.4. The van der Waals surface area contributed by atoms with E-state index in [1.165, 1.54) is 29.6 Å². The van der Waals surface area contributed by atoms with Gasteiger partial charge in [-0.25, -0.2) is 0 Å². The second-order valence-corrected chi connectivity index (χ2v) is 5.55. The first-order valence-electron chi connectivity index (χ1n) is 7.85. The maximum absolute atomic E-state index is 4.46. The molecule has 1 aliphatic rings. The fourth-order valence-corrected chi connectivity index (χ4v) is 2.81. The molecule has 1 N–H and O–H groups in total. The van der Waals surface area contributed by atoms with Crippen LogP contribution in [0.3, 0.4) is 0 Å². The van der Waals surface area contributed by atoms with Gasteiger partial charge >= 0.3 is 0 Å². The lowest BCUT2D eigenvalue weighted by molar-refractivity contribution is 0.310. The van der Waals surface area contributed by atoms with E-state index in [1.54, 1.807) is 0 Å². The number of fused-ring (bicyclic) bond motifs is 1. The summed E-state index contributed by atoms with van der Waals surface area (Å²) in [5.41, 5.74) is 3.63. The van der Waals surface area contributed by atoms with Crippen molar-refractivity contribution < 1.29 is 0 Å². The predicted octanol–water partition coefficient (Wildman–Crippen LogP) is 3.47. The minimum absolute atomic E-state index is 0.976. The molecular formula is C18H23N3. The van der Waals surface area contributed by atoms with Gasteiger partial charge in [-0.1, -0.05) is 25.1 Å². The average Bonchev–Trinajstić information content (AvgIpc) is 2.55. The molecule has 3 nitrogen and oxygen atoms in total. The third-order valence-corrected chi connectivity index (χ3v) is 4.10. The highest BCUT2D eigenvalue weighted by Gasteiger charge is 2.06. The quantitative estimate of drug-likeness (QED) is 0.851. The van der Waals surface area contributed by atoms with Crippen molar-refractivity contribution >= 4 is 16.6 Å². The second kappa shape index (κ2) is 6.72. The highest BCUT2D eigenvalue weighted by molar-refractivity contribution is 5.91. The van der Waals surface area contributed by atoms with Crippen molar-refractivity contribution in [2.24, 2.45) is 0 Å². The van der Waals surface area contributed by atoms with Gasteiger partial charge in [0.2, 0.25) is 0 Å². The van der Waals surface area contributed by atoms with Crippen LogP contribution in [-0.4, -0.2) is 36.1 Å². The molecule has 3 rings (SSSR count). The molecule has 0 unspecified atom stereocenters. The molecule has 1 aromatic carbocycles. The highest BCUT2D eigenvalue weighted by Crippen LogP contribution is 2.23. The van der Waals surface area contributed by atoms with Crippen molar-refractivity contribution in [3.63, 3.8) is 0 Å². The SMILES string of the molecule is CCc1ccc2nccc(NCCN3CC=CCC3)c2c1. The lowest BCUT2D eigenvalue weighted by atomic mass is 10.1. The first-order valence-corrected chi connectivity index (χ1v) is 7.85. The number of pyridine rings is 1. The van der Waals surface area contributed by atoms with Gasteiger partial charge in [0.25, 0.3) is 0 Å². The number of benzene rings is 1. The summed E-state index contributed by atoms with van der Waals surface area (Å²) in [6.45, 7) is 6.51. The number of aryl methyl sites for hydroxylation is 1. The minimum Gasteiger partial charge on any atom is -0.383 e. The van der Waals surface area contributed by atoms with Crippen LogP contribution in [0, 0.1) is 0 Å². The molecule has 2 aromatic rings. The van der Waals surface area contributed by atoms with E-state index in [0.29, 0.717) is 0 Å². The van der Waals surface area contributed by atoms with E-state index in [2.05, 4.69) is 58.5 Å². The molecule has 0 atom stereocenters. The molecule has 110 valence electrons. The van der Waals surface area contributed by atoms with Crippen molar-refractivity contribution in [3.8, 4) is 0 Å². The van der Waals surface area contributed by atoms with E-state index in [4.69, 9.17) is 0 Å². The summed E-state index contributed by atoms with van der Waals surface area (Å²) >= 11 is 0. The summed E-state index contributed by atoms with van der Waals surface area (Å²) in [5.74, 6) is 0. The molecule has 0 amide bonds. The van der Waals surface area contributed by atoms with E-state index in [9.17, 15) is 0 Å². The maximum atomic E-state index is 4.46. The van der Waals surface area contributed by atoms with Crippen molar-refractivity contribution in [1.29, 1.82) is 0 Å². The largest absolute Gasteiger partial charge is 0.383 e. The molecule has 0 bridgehead atoms. The Morgan fingerprint density at radius 1 is 1.24 bits per heavy atom. The number of aromatic nitrogens is 1. The molecule has 0 spiro atoms. The molecule has 21 heavy (non-hydrogen) atoms. The fourth-order valence-electron chi connectivity index (χ4n) is 2.81. The van der Waals surface area contributed by atoms with E-state index < -0.39 is 0 Å². The zero-order valence-electron chi connectivity index (χ0n) is 12.7. The van der Waals surface area contributed by atoms with Crippen LogP contribution >= 0.6 is 0 Å². The van der Waals surface area contributed by atoms with Gasteiger partial charge in [-0.05, 0) is 36.6 Å². The number of anilines is 1. The third kappa shape index (κ3) is 3.42. The van der Waals surface area contributed by atoms with Crippen LogP contribution in [0.4, 0.5) is 5.69 Å². The Balaban J connectivity index is 1.69. The van der Waals surface area contributed by atoms with E-state index in [0.717, 1.165) is 31.6 Å². The van der Waals surface area contributed by atoms with Crippen LogP contribution in [0.5, 0.6) is 0 Å². The number of hydrogen-bond donors (Lipinski definition) is 1. The molecule has 0 fully saturated rings. The highest BCUT2D eigenvalue weighted by atomic mass is 15.1. The van der Waals surface area contributed by atoms with Gasteiger partial charge in [0.05, 0.1) is 5.52 Å². The van der Waals surface area contributed by atoms with Crippen LogP contribution in [0.1, 0.15) is 18.9 Å². The lowest BCUT2D eigenvalue weighted by Crippen LogP contribution is -2.31. The van der Waals surface area contributed by atoms with Gasteiger partial charge in [0.1, 0.15) is 0 Å². The Labute approximate surface area is 126 Å². The Morgan fingerprint density at radius 3 is 3.00 bits per heavy atom. The number of nitrogens with one attached hydrogen (secondary N) is 1. The van der Waals surface area contributed by atoms with Crippen LogP contribution in [-0.2, 0) is 6.42 Å². The summed E-state index contributed by atoms with van der Waals surface area (Å²) in [6, 6.07) is 8.63. The van der Waals surface area contributed by atoms with Gasteiger partial charge in [0.15, 0.2) is 0 Å². The van der Waals surface area contributed by atoms with E-state index in [1.807, 2.05) is 6.20 Å². The third-order valence-electron chi connectivity index (χ3n) is 4.10.